The summed E-state index contributed by atoms with van der Waals surface area (Å²) in [6.45, 7) is 18.8. The van der Waals surface area contributed by atoms with Crippen molar-refractivity contribution in [1.82, 2.24) is 0 Å². The Hall–Kier alpha value is -1.26. The van der Waals surface area contributed by atoms with Crippen LogP contribution in [0, 0.1) is 57.2 Å². The number of carbonyl (C=O) groups is 2. The summed E-state index contributed by atoms with van der Waals surface area (Å²) in [5.41, 5.74) is -0.188. The number of carboxylic acids is 1. The van der Waals surface area contributed by atoms with Crippen molar-refractivity contribution >= 4 is 12.1 Å². The smallest absolute Gasteiger partial charge is 0.481 e. The van der Waals surface area contributed by atoms with E-state index >= 15 is 0 Å². The SMILES string of the molecule is CCCCC(OC(=O)OCC)C(C)(C)C1CC[C@]2(C)C(CCC3[C@@H]4[C@H](C(C)C)CC[C@]4(C(=O)O)CC[C@]32C)C1. The Labute approximate surface area is 238 Å². The molecule has 224 valence electrons. The third-order valence-electron chi connectivity index (χ3n) is 13.5. The zero-order valence-electron chi connectivity index (χ0n) is 26.3. The van der Waals surface area contributed by atoms with Gasteiger partial charge in [0.15, 0.2) is 0 Å². The van der Waals surface area contributed by atoms with Crippen LogP contribution in [0.2, 0.25) is 0 Å². The molecule has 39 heavy (non-hydrogen) atoms. The van der Waals surface area contributed by atoms with Crippen molar-refractivity contribution in [2.45, 2.75) is 139 Å². The van der Waals surface area contributed by atoms with Gasteiger partial charge < -0.3 is 14.6 Å². The molecule has 0 saturated heterocycles. The van der Waals surface area contributed by atoms with Crippen LogP contribution in [0.5, 0.6) is 0 Å². The van der Waals surface area contributed by atoms with E-state index < -0.39 is 17.5 Å². The van der Waals surface area contributed by atoms with Gasteiger partial charge in [-0.3, -0.25) is 4.79 Å². The van der Waals surface area contributed by atoms with Crippen LogP contribution in [-0.2, 0) is 14.3 Å². The Morgan fingerprint density at radius 3 is 2.31 bits per heavy atom. The molecule has 4 saturated carbocycles. The molecule has 0 heterocycles. The fourth-order valence-corrected chi connectivity index (χ4v) is 10.7. The summed E-state index contributed by atoms with van der Waals surface area (Å²) in [4.78, 5) is 25.2. The monoisotopic (exact) mass is 546 g/mol. The van der Waals surface area contributed by atoms with E-state index in [0.29, 0.717) is 42.1 Å². The van der Waals surface area contributed by atoms with Crippen LogP contribution in [0.4, 0.5) is 4.79 Å². The molecule has 0 aliphatic heterocycles. The van der Waals surface area contributed by atoms with E-state index in [4.69, 9.17) is 9.47 Å². The first-order valence-corrected chi connectivity index (χ1v) is 16.3. The van der Waals surface area contributed by atoms with Gasteiger partial charge in [0.25, 0.3) is 0 Å². The van der Waals surface area contributed by atoms with Crippen molar-refractivity contribution in [3.8, 4) is 0 Å². The topological polar surface area (TPSA) is 72.8 Å². The van der Waals surface area contributed by atoms with E-state index in [0.717, 1.165) is 51.4 Å². The van der Waals surface area contributed by atoms with Crippen LogP contribution in [0.15, 0.2) is 0 Å². The fourth-order valence-electron chi connectivity index (χ4n) is 10.7. The molecular weight excluding hydrogens is 488 g/mol. The first-order chi connectivity index (χ1) is 18.3. The zero-order chi connectivity index (χ0) is 28.8. The molecule has 4 fully saturated rings. The molecule has 0 amide bonds. The highest BCUT2D eigenvalue weighted by Gasteiger charge is 2.68. The van der Waals surface area contributed by atoms with Crippen LogP contribution in [0.3, 0.4) is 0 Å². The Morgan fingerprint density at radius 2 is 1.69 bits per heavy atom. The molecule has 5 heteroatoms. The van der Waals surface area contributed by atoms with Gasteiger partial charge in [-0.1, -0.05) is 61.3 Å². The molecular formula is C34H58O5. The van der Waals surface area contributed by atoms with Crippen LogP contribution in [0.1, 0.15) is 132 Å². The highest BCUT2D eigenvalue weighted by Crippen LogP contribution is 2.74. The number of aliphatic carboxylic acids is 1. The summed E-state index contributed by atoms with van der Waals surface area (Å²) in [6.07, 6.45) is 12.1. The van der Waals surface area contributed by atoms with Crippen molar-refractivity contribution in [3.05, 3.63) is 0 Å². The number of ether oxygens (including phenoxy) is 2. The van der Waals surface area contributed by atoms with Gasteiger partial charge in [-0.25, -0.2) is 4.79 Å². The third-order valence-corrected chi connectivity index (χ3v) is 13.5. The van der Waals surface area contributed by atoms with Crippen LogP contribution >= 0.6 is 0 Å². The summed E-state index contributed by atoms with van der Waals surface area (Å²) in [6, 6.07) is 0. The lowest BCUT2D eigenvalue weighted by Crippen LogP contribution is -2.62. The standard InChI is InChI=1S/C34H58O5/c1-9-11-12-27(39-30(37)38-10-2)31(5,6)23-15-17-32(7)24(21-23)13-14-26-28-25(22(3)4)16-18-34(28,29(35)36)20-19-33(26,32)8/h22-28H,9-21H2,1-8H3,(H,35,36)/t23?,24?,25-,26?,27?,28-,32+,33+,34-/m0/s1. The lowest BCUT2D eigenvalue weighted by atomic mass is 9.37. The quantitative estimate of drug-likeness (QED) is 0.292. The first kappa shape index (κ1) is 30.7. The van der Waals surface area contributed by atoms with E-state index in [1.165, 1.54) is 25.7 Å². The number of fused-ring (bicyclic) bond motifs is 5. The molecule has 4 rings (SSSR count). The van der Waals surface area contributed by atoms with Gasteiger partial charge in [0.2, 0.25) is 0 Å². The van der Waals surface area contributed by atoms with Crippen molar-refractivity contribution in [1.29, 1.82) is 0 Å². The molecule has 0 aromatic rings. The molecule has 0 spiro atoms. The highest BCUT2D eigenvalue weighted by molar-refractivity contribution is 5.76. The predicted octanol–water partition coefficient (Wildman–Crippen LogP) is 9.13. The summed E-state index contributed by atoms with van der Waals surface area (Å²) in [7, 11) is 0. The van der Waals surface area contributed by atoms with E-state index in [1.807, 2.05) is 6.92 Å². The van der Waals surface area contributed by atoms with Gasteiger partial charge in [-0.2, -0.15) is 0 Å². The van der Waals surface area contributed by atoms with Crippen LogP contribution < -0.4 is 0 Å². The van der Waals surface area contributed by atoms with Gasteiger partial charge >= 0.3 is 12.1 Å². The minimum absolute atomic E-state index is 0.111. The van der Waals surface area contributed by atoms with Crippen molar-refractivity contribution in [2.75, 3.05) is 6.61 Å². The Balaban J connectivity index is 1.58. The molecule has 0 aromatic carbocycles. The molecule has 0 bridgehead atoms. The largest absolute Gasteiger partial charge is 0.508 e. The van der Waals surface area contributed by atoms with Gasteiger partial charge in [0.1, 0.15) is 6.10 Å². The minimum Gasteiger partial charge on any atom is -0.481 e. The van der Waals surface area contributed by atoms with Crippen molar-refractivity contribution in [2.24, 2.45) is 57.2 Å². The maximum Gasteiger partial charge on any atom is 0.508 e. The second-order valence-electron chi connectivity index (χ2n) is 15.4. The summed E-state index contributed by atoms with van der Waals surface area (Å²) in [5, 5.41) is 10.6. The molecule has 4 unspecified atom stereocenters. The lowest BCUT2D eigenvalue weighted by Gasteiger charge is -2.67. The Kier molecular flexibility index (Phi) is 8.81. The molecule has 0 aromatic heterocycles. The van der Waals surface area contributed by atoms with Gasteiger partial charge in [-0.05, 0) is 117 Å². The molecule has 5 nitrogen and oxygen atoms in total. The fraction of sp³-hybridized carbons (Fsp3) is 0.941. The van der Waals surface area contributed by atoms with Crippen molar-refractivity contribution in [3.63, 3.8) is 0 Å². The minimum atomic E-state index is -0.527. The predicted molar refractivity (Wildman–Crippen MR) is 155 cm³/mol. The van der Waals surface area contributed by atoms with E-state index in [-0.39, 0.29) is 22.3 Å². The summed E-state index contributed by atoms with van der Waals surface area (Å²) >= 11 is 0. The molecule has 0 radical (unpaired) electrons. The van der Waals surface area contributed by atoms with Crippen LogP contribution in [-0.4, -0.2) is 29.9 Å². The van der Waals surface area contributed by atoms with Gasteiger partial charge in [-0.15, -0.1) is 0 Å². The second-order valence-corrected chi connectivity index (χ2v) is 15.4. The van der Waals surface area contributed by atoms with Gasteiger partial charge in [0, 0.05) is 5.41 Å². The zero-order valence-corrected chi connectivity index (χ0v) is 26.3. The molecule has 4 aliphatic rings. The Bertz CT molecular complexity index is 896. The van der Waals surface area contributed by atoms with Crippen LogP contribution in [0.25, 0.3) is 0 Å². The number of hydrogen-bond acceptors (Lipinski definition) is 4. The maximum atomic E-state index is 12.8. The number of unbranched alkanes of at least 4 members (excludes halogenated alkanes) is 1. The number of carboxylic acid groups (broad SMARTS) is 1. The normalized spacial score (nSPS) is 40.8. The first-order valence-electron chi connectivity index (χ1n) is 16.3. The maximum absolute atomic E-state index is 12.8. The van der Waals surface area contributed by atoms with E-state index in [1.54, 1.807) is 0 Å². The second kappa shape index (κ2) is 11.2. The lowest BCUT2D eigenvalue weighted by molar-refractivity contribution is -0.202. The third kappa shape index (κ3) is 4.94. The number of hydrogen-bond donors (Lipinski definition) is 1. The summed E-state index contributed by atoms with van der Waals surface area (Å²) in [5.74, 6) is 2.52. The molecule has 4 aliphatic carbocycles. The van der Waals surface area contributed by atoms with E-state index in [9.17, 15) is 14.7 Å². The average molecular weight is 547 g/mol. The van der Waals surface area contributed by atoms with E-state index in [2.05, 4.69) is 48.5 Å². The molecule has 9 atom stereocenters. The number of carbonyl (C=O) groups excluding carboxylic acids is 1. The van der Waals surface area contributed by atoms with Crippen molar-refractivity contribution < 1.29 is 24.2 Å². The average Bonchev–Trinajstić information content (AvgIpc) is 3.28. The highest BCUT2D eigenvalue weighted by atomic mass is 16.7. The summed E-state index contributed by atoms with van der Waals surface area (Å²) < 4.78 is 11.2. The van der Waals surface area contributed by atoms with Gasteiger partial charge in [0.05, 0.1) is 12.0 Å². The Morgan fingerprint density at radius 1 is 0.974 bits per heavy atom. The molecule has 1 N–H and O–H groups in total. The number of rotatable bonds is 9.